The highest BCUT2D eigenvalue weighted by molar-refractivity contribution is 9.10. The van der Waals surface area contributed by atoms with E-state index in [1.165, 1.54) is 0 Å². The number of aryl methyl sites for hydroxylation is 1. The van der Waals surface area contributed by atoms with Crippen LogP contribution in [0.1, 0.15) is 6.92 Å². The minimum Gasteiger partial charge on any atom is -0.293 e. The molecule has 4 nitrogen and oxygen atoms in total. The summed E-state index contributed by atoms with van der Waals surface area (Å²) < 4.78 is 3.52. The number of hydrogen-bond acceptors (Lipinski definition) is 2. The molecule has 3 aromatic rings. The third kappa shape index (κ3) is 2.40. The topological polar surface area (TPSA) is 44.0 Å². The summed E-state index contributed by atoms with van der Waals surface area (Å²) in [6.45, 7) is 2.34. The zero-order valence-corrected chi connectivity index (χ0v) is 14.1. The van der Waals surface area contributed by atoms with Gasteiger partial charge in [0.05, 0.1) is 16.6 Å². The Morgan fingerprint density at radius 2 is 1.91 bits per heavy atom. The van der Waals surface area contributed by atoms with Crippen LogP contribution < -0.4 is 11.2 Å². The third-order valence-corrected chi connectivity index (χ3v) is 4.22. The van der Waals surface area contributed by atoms with Crippen molar-refractivity contribution in [3.8, 4) is 5.69 Å². The Kier molecular flexibility index (Phi) is 3.93. The summed E-state index contributed by atoms with van der Waals surface area (Å²) in [4.78, 5) is 25.5. The van der Waals surface area contributed by atoms with Crippen LogP contribution in [0.25, 0.3) is 16.6 Å². The van der Waals surface area contributed by atoms with Gasteiger partial charge in [0.1, 0.15) is 0 Å². The normalized spacial score (nSPS) is 11.0. The number of rotatable bonds is 2. The van der Waals surface area contributed by atoms with Gasteiger partial charge in [0.25, 0.3) is 5.56 Å². The van der Waals surface area contributed by atoms with Crippen LogP contribution >= 0.6 is 27.5 Å². The molecule has 3 rings (SSSR count). The Bertz CT molecular complexity index is 992. The number of halogens is 2. The first-order valence-corrected chi connectivity index (χ1v) is 7.91. The molecule has 6 heteroatoms. The van der Waals surface area contributed by atoms with Gasteiger partial charge in [-0.2, -0.15) is 0 Å². The predicted molar refractivity (Wildman–Crippen MR) is 92.2 cm³/mol. The smallest absolute Gasteiger partial charge is 0.293 e. The van der Waals surface area contributed by atoms with E-state index in [0.29, 0.717) is 28.2 Å². The Morgan fingerprint density at radius 1 is 1.14 bits per heavy atom. The van der Waals surface area contributed by atoms with Crippen molar-refractivity contribution in [3.05, 3.63) is 72.8 Å². The average molecular weight is 380 g/mol. The quantitative estimate of drug-likeness (QED) is 0.683. The average Bonchev–Trinajstić information content (AvgIpc) is 2.49. The van der Waals surface area contributed by atoms with Crippen LogP contribution in [0.4, 0.5) is 0 Å². The molecule has 0 fully saturated rings. The molecule has 0 aliphatic rings. The predicted octanol–water partition coefficient (Wildman–Crippen LogP) is 3.59. The van der Waals surface area contributed by atoms with Gasteiger partial charge in [-0.1, -0.05) is 33.6 Å². The standard InChI is InChI=1S/C16H12BrClN2O2/c1-2-19-14-7-6-10(17)8-13(14)15(21)20(16(19)22)12-5-3-4-11(18)9-12/h3-9H,2H2,1H3. The first-order valence-electron chi connectivity index (χ1n) is 6.74. The van der Waals surface area contributed by atoms with Gasteiger partial charge >= 0.3 is 5.69 Å². The third-order valence-electron chi connectivity index (χ3n) is 3.49. The fourth-order valence-corrected chi connectivity index (χ4v) is 3.04. The largest absolute Gasteiger partial charge is 0.336 e. The molecule has 0 aliphatic heterocycles. The Labute approximate surface area is 139 Å². The van der Waals surface area contributed by atoms with Crippen molar-refractivity contribution in [2.75, 3.05) is 0 Å². The highest BCUT2D eigenvalue weighted by atomic mass is 79.9. The second-order valence-electron chi connectivity index (χ2n) is 4.81. The van der Waals surface area contributed by atoms with Crippen LogP contribution in [0, 0.1) is 0 Å². The molecule has 0 unspecified atom stereocenters. The van der Waals surface area contributed by atoms with E-state index in [-0.39, 0.29) is 11.2 Å². The Hall–Kier alpha value is -1.85. The maximum absolute atomic E-state index is 12.8. The SMILES string of the molecule is CCn1c(=O)n(-c2cccc(Cl)c2)c(=O)c2cc(Br)ccc21. The van der Waals surface area contributed by atoms with E-state index in [0.717, 1.165) is 9.04 Å². The Balaban J connectivity index is 2.50. The number of aromatic nitrogens is 2. The molecular formula is C16H12BrClN2O2. The molecule has 1 aromatic heterocycles. The fourth-order valence-electron chi connectivity index (χ4n) is 2.49. The van der Waals surface area contributed by atoms with Gasteiger partial charge in [0, 0.05) is 16.0 Å². The minimum absolute atomic E-state index is 0.353. The Morgan fingerprint density at radius 3 is 2.59 bits per heavy atom. The van der Waals surface area contributed by atoms with E-state index in [1.807, 2.05) is 13.0 Å². The number of fused-ring (bicyclic) bond motifs is 1. The van der Waals surface area contributed by atoms with E-state index in [9.17, 15) is 9.59 Å². The van der Waals surface area contributed by atoms with Gasteiger partial charge in [-0.05, 0) is 43.3 Å². The zero-order chi connectivity index (χ0) is 15.9. The van der Waals surface area contributed by atoms with Crippen LogP contribution in [0.5, 0.6) is 0 Å². The molecule has 0 bridgehead atoms. The zero-order valence-electron chi connectivity index (χ0n) is 11.7. The summed E-state index contributed by atoms with van der Waals surface area (Å²) in [6, 6.07) is 12.0. The van der Waals surface area contributed by atoms with Gasteiger partial charge in [-0.15, -0.1) is 0 Å². The molecule has 0 aliphatic carbocycles. The van der Waals surface area contributed by atoms with Crippen molar-refractivity contribution in [1.29, 1.82) is 0 Å². The lowest BCUT2D eigenvalue weighted by Gasteiger charge is -2.13. The summed E-state index contributed by atoms with van der Waals surface area (Å²) in [5.74, 6) is 0. The summed E-state index contributed by atoms with van der Waals surface area (Å²) in [6.07, 6.45) is 0. The van der Waals surface area contributed by atoms with Crippen molar-refractivity contribution >= 4 is 38.4 Å². The molecule has 0 spiro atoms. The van der Waals surface area contributed by atoms with E-state index >= 15 is 0 Å². The van der Waals surface area contributed by atoms with Crippen molar-refractivity contribution in [2.24, 2.45) is 0 Å². The first-order chi connectivity index (χ1) is 10.5. The van der Waals surface area contributed by atoms with Crippen molar-refractivity contribution in [1.82, 2.24) is 9.13 Å². The molecule has 0 amide bonds. The van der Waals surface area contributed by atoms with E-state index in [1.54, 1.807) is 41.0 Å². The van der Waals surface area contributed by atoms with Crippen molar-refractivity contribution in [3.63, 3.8) is 0 Å². The summed E-state index contributed by atoms with van der Waals surface area (Å²) in [5.41, 5.74) is 0.364. The molecule has 0 saturated carbocycles. The minimum atomic E-state index is -0.371. The first kappa shape index (κ1) is 15.1. The number of benzene rings is 2. The van der Waals surface area contributed by atoms with Gasteiger partial charge in [0.2, 0.25) is 0 Å². The van der Waals surface area contributed by atoms with Gasteiger partial charge in [0.15, 0.2) is 0 Å². The van der Waals surface area contributed by atoms with Crippen LogP contribution in [-0.2, 0) is 6.54 Å². The summed E-state index contributed by atoms with van der Waals surface area (Å²) in [5, 5.41) is 0.956. The monoisotopic (exact) mass is 378 g/mol. The number of nitrogens with zero attached hydrogens (tertiary/aromatic N) is 2. The molecule has 112 valence electrons. The summed E-state index contributed by atoms with van der Waals surface area (Å²) in [7, 11) is 0. The van der Waals surface area contributed by atoms with Gasteiger partial charge in [-0.3, -0.25) is 9.36 Å². The maximum Gasteiger partial charge on any atom is 0.336 e. The molecular weight excluding hydrogens is 368 g/mol. The van der Waals surface area contributed by atoms with E-state index in [2.05, 4.69) is 15.9 Å². The lowest BCUT2D eigenvalue weighted by atomic mass is 10.2. The molecule has 0 atom stereocenters. The molecule has 0 N–H and O–H groups in total. The van der Waals surface area contributed by atoms with Crippen LogP contribution in [0.15, 0.2) is 56.5 Å². The highest BCUT2D eigenvalue weighted by Crippen LogP contribution is 2.18. The fraction of sp³-hybridized carbons (Fsp3) is 0.125. The van der Waals surface area contributed by atoms with E-state index < -0.39 is 0 Å². The molecule has 1 heterocycles. The van der Waals surface area contributed by atoms with Crippen LogP contribution in [0.2, 0.25) is 5.02 Å². The molecule has 2 aromatic carbocycles. The second-order valence-corrected chi connectivity index (χ2v) is 6.16. The molecule has 22 heavy (non-hydrogen) atoms. The molecule has 0 saturated heterocycles. The number of hydrogen-bond donors (Lipinski definition) is 0. The lowest BCUT2D eigenvalue weighted by molar-refractivity contribution is 0.692. The summed E-state index contributed by atoms with van der Waals surface area (Å²) >= 11 is 9.35. The van der Waals surface area contributed by atoms with Crippen LogP contribution in [0.3, 0.4) is 0 Å². The lowest BCUT2D eigenvalue weighted by Crippen LogP contribution is -2.38. The molecule has 0 radical (unpaired) electrons. The van der Waals surface area contributed by atoms with Crippen LogP contribution in [-0.4, -0.2) is 9.13 Å². The van der Waals surface area contributed by atoms with Gasteiger partial charge < -0.3 is 0 Å². The maximum atomic E-state index is 12.8. The highest BCUT2D eigenvalue weighted by Gasteiger charge is 2.14. The van der Waals surface area contributed by atoms with Crippen molar-refractivity contribution < 1.29 is 0 Å². The second kappa shape index (κ2) is 5.74. The van der Waals surface area contributed by atoms with Crippen molar-refractivity contribution in [2.45, 2.75) is 13.5 Å². The van der Waals surface area contributed by atoms with E-state index in [4.69, 9.17) is 11.6 Å². The van der Waals surface area contributed by atoms with Gasteiger partial charge in [-0.25, -0.2) is 9.36 Å².